The predicted octanol–water partition coefficient (Wildman–Crippen LogP) is 4.80. The van der Waals surface area contributed by atoms with Gasteiger partial charge in [-0.15, -0.1) is 23.2 Å². The van der Waals surface area contributed by atoms with Crippen molar-refractivity contribution in [3.8, 4) is 0 Å². The first-order chi connectivity index (χ1) is 7.37. The van der Waals surface area contributed by atoms with Crippen molar-refractivity contribution >= 4 is 65.6 Å². The minimum Gasteiger partial charge on any atom is -0.306 e. The van der Waals surface area contributed by atoms with E-state index in [-0.39, 0.29) is 13.2 Å². The fraction of sp³-hybridized carbons (Fsp3) is 1.00. The maximum atomic E-state index is 12.1. The average molecular weight is 352 g/mol. The van der Waals surface area contributed by atoms with Crippen LogP contribution in [0.3, 0.4) is 0 Å². The third kappa shape index (κ3) is 6.51. The van der Waals surface area contributed by atoms with Gasteiger partial charge in [0.1, 0.15) is 0 Å². The molecule has 0 aromatic rings. The van der Waals surface area contributed by atoms with E-state index in [1.165, 1.54) is 0 Å². The fourth-order valence-corrected chi connectivity index (χ4v) is 2.86. The lowest BCUT2D eigenvalue weighted by Crippen LogP contribution is -2.12. The summed E-state index contributed by atoms with van der Waals surface area (Å²) in [5, 5.41) is 0. The fourth-order valence-electron chi connectivity index (χ4n) is 0.662. The van der Waals surface area contributed by atoms with E-state index in [2.05, 4.69) is 0 Å². The van der Waals surface area contributed by atoms with Crippen LogP contribution >= 0.6 is 65.6 Å². The first kappa shape index (κ1) is 17.6. The molecule has 0 bridgehead atoms. The molecule has 0 amide bonds. The van der Waals surface area contributed by atoms with E-state index in [4.69, 9.17) is 67.1 Å². The molecule has 0 aromatic heterocycles. The van der Waals surface area contributed by atoms with Crippen LogP contribution in [0.2, 0.25) is 0 Å². The molecule has 0 heterocycles. The Morgan fingerprint density at radius 2 is 1.31 bits per heavy atom. The molecule has 0 fully saturated rings. The Morgan fingerprint density at radius 3 is 1.56 bits per heavy atom. The molecule has 3 nitrogen and oxygen atoms in total. The Balaban J connectivity index is 4.33. The van der Waals surface area contributed by atoms with Crippen molar-refractivity contribution in [2.75, 3.05) is 25.0 Å². The molecule has 0 aliphatic carbocycles. The lowest BCUT2D eigenvalue weighted by Gasteiger charge is -2.24. The van der Waals surface area contributed by atoms with Crippen LogP contribution in [-0.2, 0) is 13.6 Å². The Labute approximate surface area is 120 Å². The van der Waals surface area contributed by atoms with Crippen LogP contribution in [0.4, 0.5) is 0 Å². The lowest BCUT2D eigenvalue weighted by atomic mass is 10.5. The van der Waals surface area contributed by atoms with Crippen LogP contribution in [0.15, 0.2) is 0 Å². The van der Waals surface area contributed by atoms with Gasteiger partial charge < -0.3 is 9.05 Å². The molecule has 0 saturated carbocycles. The average Bonchev–Trinajstić information content (AvgIpc) is 2.17. The van der Waals surface area contributed by atoms with Crippen molar-refractivity contribution < 1.29 is 13.6 Å². The van der Waals surface area contributed by atoms with Crippen molar-refractivity contribution in [2.45, 2.75) is 16.4 Å². The van der Waals surface area contributed by atoms with Gasteiger partial charge in [0.25, 0.3) is 3.53 Å². The van der Waals surface area contributed by atoms with Gasteiger partial charge in [-0.3, -0.25) is 4.57 Å². The largest absolute Gasteiger partial charge is 0.381 e. The zero-order valence-corrected chi connectivity index (χ0v) is 13.0. The van der Waals surface area contributed by atoms with Gasteiger partial charge in [0, 0.05) is 11.8 Å². The van der Waals surface area contributed by atoms with Crippen LogP contribution in [-0.4, -0.2) is 28.5 Å². The lowest BCUT2D eigenvalue weighted by molar-refractivity contribution is 0.205. The molecule has 0 N–H and O–H groups in total. The zero-order valence-electron chi connectivity index (χ0n) is 8.30. The summed E-state index contributed by atoms with van der Waals surface area (Å²) in [7, 11) is -3.78. The molecule has 0 rings (SSSR count). The second kappa shape index (κ2) is 8.66. The van der Waals surface area contributed by atoms with Crippen molar-refractivity contribution in [3.05, 3.63) is 0 Å². The molecular weight excluding hydrogens is 340 g/mol. The van der Waals surface area contributed by atoms with Crippen molar-refractivity contribution in [1.29, 1.82) is 0 Å². The van der Waals surface area contributed by atoms with E-state index in [0.717, 1.165) is 0 Å². The zero-order chi connectivity index (χ0) is 12.7. The number of halogens is 5. The molecule has 16 heavy (non-hydrogen) atoms. The summed E-state index contributed by atoms with van der Waals surface area (Å²) in [6.07, 6.45) is 0.982. The summed E-state index contributed by atoms with van der Waals surface area (Å²) < 4.78 is 19.9. The summed E-state index contributed by atoms with van der Waals surface area (Å²) in [4.78, 5) is 0. The van der Waals surface area contributed by atoms with Crippen molar-refractivity contribution in [3.63, 3.8) is 0 Å². The molecule has 0 aliphatic heterocycles. The second-order valence-corrected chi connectivity index (χ2v) is 8.73. The topological polar surface area (TPSA) is 35.5 Å². The molecular formula is C7H12Cl5O3P. The van der Waals surface area contributed by atoms with Gasteiger partial charge in [-0.25, -0.2) is 0 Å². The number of hydrogen-bond acceptors (Lipinski definition) is 3. The number of alkyl halides is 5. The monoisotopic (exact) mass is 350 g/mol. The van der Waals surface area contributed by atoms with E-state index >= 15 is 0 Å². The van der Waals surface area contributed by atoms with E-state index < -0.39 is 11.1 Å². The first-order valence-electron chi connectivity index (χ1n) is 4.45. The highest BCUT2D eigenvalue weighted by Crippen LogP contribution is 2.66. The van der Waals surface area contributed by atoms with Crippen LogP contribution in [0.25, 0.3) is 0 Å². The molecule has 0 spiro atoms. The van der Waals surface area contributed by atoms with Gasteiger partial charge in [0.2, 0.25) is 0 Å². The summed E-state index contributed by atoms with van der Waals surface area (Å²) in [5.41, 5.74) is 0. The molecule has 0 aliphatic rings. The Hall–Kier alpha value is 1.60. The highest BCUT2D eigenvalue weighted by Gasteiger charge is 2.47. The normalized spacial score (nSPS) is 13.1. The summed E-state index contributed by atoms with van der Waals surface area (Å²) in [5.74, 6) is 0.725. The molecule has 0 unspecified atom stereocenters. The van der Waals surface area contributed by atoms with E-state index in [1.54, 1.807) is 0 Å². The summed E-state index contributed by atoms with van der Waals surface area (Å²) >= 11 is 27.5. The van der Waals surface area contributed by atoms with E-state index in [9.17, 15) is 4.57 Å². The Morgan fingerprint density at radius 1 is 0.938 bits per heavy atom. The quantitative estimate of drug-likeness (QED) is 0.358. The third-order valence-electron chi connectivity index (χ3n) is 1.39. The maximum absolute atomic E-state index is 12.1. The molecule has 0 atom stereocenters. The minimum atomic E-state index is -3.78. The van der Waals surface area contributed by atoms with Crippen LogP contribution in [0, 0.1) is 0 Å². The van der Waals surface area contributed by atoms with Crippen LogP contribution in [0.5, 0.6) is 0 Å². The standard InChI is InChI=1S/C7H12Cl5O3P/c8-3-1-5-14-16(13,7(10,11)12)15-6-2-4-9/h1-6H2. The molecule has 0 saturated heterocycles. The Bertz CT molecular complexity index is 219. The predicted molar refractivity (Wildman–Crippen MR) is 70.5 cm³/mol. The van der Waals surface area contributed by atoms with Crippen molar-refractivity contribution in [1.82, 2.24) is 0 Å². The molecule has 0 aromatic carbocycles. The van der Waals surface area contributed by atoms with Gasteiger partial charge in [-0.1, -0.05) is 34.8 Å². The van der Waals surface area contributed by atoms with Gasteiger partial charge >= 0.3 is 7.60 Å². The van der Waals surface area contributed by atoms with E-state index in [0.29, 0.717) is 24.6 Å². The Kier molecular flexibility index (Phi) is 9.52. The van der Waals surface area contributed by atoms with Crippen molar-refractivity contribution in [2.24, 2.45) is 0 Å². The maximum Gasteiger partial charge on any atom is 0.381 e. The van der Waals surface area contributed by atoms with Gasteiger partial charge in [-0.2, -0.15) is 0 Å². The molecule has 0 radical (unpaired) electrons. The van der Waals surface area contributed by atoms with Gasteiger partial charge in [0.05, 0.1) is 13.2 Å². The summed E-state index contributed by atoms with van der Waals surface area (Å²) in [6, 6.07) is 0. The SMILES string of the molecule is O=P(OCCCCl)(OCCCCl)C(Cl)(Cl)Cl. The molecule has 98 valence electrons. The second-order valence-electron chi connectivity index (χ2n) is 2.72. The van der Waals surface area contributed by atoms with E-state index in [1.807, 2.05) is 0 Å². The van der Waals surface area contributed by atoms with Crippen LogP contribution < -0.4 is 0 Å². The van der Waals surface area contributed by atoms with Gasteiger partial charge in [-0.05, 0) is 12.8 Å². The highest BCUT2D eigenvalue weighted by atomic mass is 35.6. The summed E-state index contributed by atoms with van der Waals surface area (Å²) in [6.45, 7) is 0.213. The first-order valence-corrected chi connectivity index (χ1v) is 8.20. The molecule has 9 heteroatoms. The minimum absolute atomic E-state index is 0.107. The number of rotatable bonds is 8. The van der Waals surface area contributed by atoms with Crippen LogP contribution in [0.1, 0.15) is 12.8 Å². The number of hydrogen-bond donors (Lipinski definition) is 0. The highest BCUT2D eigenvalue weighted by molar-refractivity contribution is 7.62. The smallest absolute Gasteiger partial charge is 0.306 e. The third-order valence-corrected chi connectivity index (χ3v) is 5.45. The van der Waals surface area contributed by atoms with Gasteiger partial charge in [0.15, 0.2) is 0 Å².